The lowest BCUT2D eigenvalue weighted by Crippen LogP contribution is -2.06. The van der Waals surface area contributed by atoms with Gasteiger partial charge in [-0.05, 0) is 176 Å². The van der Waals surface area contributed by atoms with Crippen LogP contribution in [0.3, 0.4) is 0 Å². The Labute approximate surface area is 797 Å². The average Bonchev–Trinajstić information content (AvgIpc) is 1.54. The van der Waals surface area contributed by atoms with Crippen LogP contribution in [0.25, 0.3) is 293 Å². The van der Waals surface area contributed by atoms with Crippen molar-refractivity contribution in [3.8, 4) is 152 Å². The summed E-state index contributed by atoms with van der Waals surface area (Å²) in [6.45, 7) is 0. The fourth-order valence-electron chi connectivity index (χ4n) is 22.8. The van der Waals surface area contributed by atoms with E-state index in [2.05, 4.69) is 420 Å². The molecule has 3 aliphatic carbocycles. The molecule has 0 amide bonds. The van der Waals surface area contributed by atoms with Gasteiger partial charge in [-0.15, -0.1) is 0 Å². The molecule has 139 heavy (non-hydrogen) atoms. The Balaban J connectivity index is 0.000000101. The van der Waals surface area contributed by atoms with Crippen LogP contribution < -0.4 is 0 Å². The lowest BCUT2D eigenvalue weighted by molar-refractivity contribution is 0.955. The van der Waals surface area contributed by atoms with Gasteiger partial charge in [0.2, 0.25) is 11.9 Å². The van der Waals surface area contributed by atoms with E-state index in [-0.39, 0.29) is 0 Å². The highest BCUT2D eigenvalue weighted by atomic mass is 15.2. The Hall–Kier alpha value is -18.8. The molecule has 31 rings (SSSR count). The molecule has 0 fully saturated rings. The molecule has 6 heterocycles. The standard InChI is InChI=1S/C48H29N3.C41H24N4.C40H23N3/c1-3-13-30(14-4-1)41-29-42(31-15-5-2-6-16-31)50-48(49-41)34-19-11-20-35(27-34)51-43-26-25-32-18-12-24-39-37-22-9-10-23-38(37)40-28-33-17-7-8-21-36(33)47(51)45(40)46(43)44(32)39;1-3-12-26(13-4-1)39-42-40(27-14-5-2-6-15-27)44-41(43-39)45-34-23-22-25-17-11-21-32-30-19-9-10-20-31(30)33-24-28-16-7-8-18-29(28)38(45)36(33)37(34)35(25)32;1-2-11-25(12-3-1)38-31-18-8-9-20-33(31)41-40(42-38)43-34-22-21-24-14-10-19-30-28-16-6-7-17-29(28)32-23-26-13-4-5-15-27(26)39(43)36(32)37(34)35(24)30/h1-29H;1-24H;1-23H. The van der Waals surface area contributed by atoms with Crippen molar-refractivity contribution in [2.24, 2.45) is 0 Å². The van der Waals surface area contributed by atoms with Crippen molar-refractivity contribution in [3.05, 3.63) is 461 Å². The summed E-state index contributed by atoms with van der Waals surface area (Å²) < 4.78 is 7.07. The molecule has 28 aromatic rings. The number of fused-ring (bicyclic) bond motifs is 16. The van der Waals surface area contributed by atoms with Crippen LogP contribution in [0.5, 0.6) is 0 Å². The van der Waals surface area contributed by atoms with Gasteiger partial charge in [-0.25, -0.2) is 24.9 Å². The van der Waals surface area contributed by atoms with Crippen LogP contribution in [-0.4, -0.2) is 48.6 Å². The second kappa shape index (κ2) is 30.9. The van der Waals surface area contributed by atoms with Gasteiger partial charge in [0.1, 0.15) is 0 Å². The summed E-state index contributed by atoms with van der Waals surface area (Å²) in [4.78, 5) is 36.4. The third-order valence-corrected chi connectivity index (χ3v) is 28.8. The number of rotatable bonds is 9. The molecule has 3 aliphatic rings. The Morgan fingerprint density at radius 2 is 0.468 bits per heavy atom. The highest BCUT2D eigenvalue weighted by Crippen LogP contribution is 2.57. The van der Waals surface area contributed by atoms with Gasteiger partial charge in [-0.3, -0.25) is 9.13 Å². The summed E-state index contributed by atoms with van der Waals surface area (Å²) in [6.07, 6.45) is 0. The largest absolute Gasteiger partial charge is 0.309 e. The van der Waals surface area contributed by atoms with Crippen LogP contribution in [0.2, 0.25) is 0 Å². The van der Waals surface area contributed by atoms with Crippen molar-refractivity contribution in [3.63, 3.8) is 0 Å². The molecule has 0 spiro atoms. The molecule has 0 N–H and O–H groups in total. The van der Waals surface area contributed by atoms with Crippen molar-refractivity contribution >= 4 is 141 Å². The van der Waals surface area contributed by atoms with Crippen LogP contribution in [0, 0.1) is 0 Å². The minimum atomic E-state index is 0.607. The molecule has 0 saturated heterocycles. The molecule has 10 heteroatoms. The van der Waals surface area contributed by atoms with Crippen molar-refractivity contribution in [1.82, 2.24) is 48.6 Å². The first-order valence-corrected chi connectivity index (χ1v) is 47.3. The van der Waals surface area contributed by atoms with E-state index in [1.807, 2.05) is 54.6 Å². The minimum absolute atomic E-state index is 0.607. The smallest absolute Gasteiger partial charge is 0.238 e. The number of benzene rings is 22. The third-order valence-electron chi connectivity index (χ3n) is 28.8. The predicted molar refractivity (Wildman–Crippen MR) is 575 cm³/mol. The summed E-state index contributed by atoms with van der Waals surface area (Å²) in [5.74, 6) is 3.29. The van der Waals surface area contributed by atoms with E-state index in [0.717, 1.165) is 89.1 Å². The zero-order valence-electron chi connectivity index (χ0n) is 74.9. The van der Waals surface area contributed by atoms with Gasteiger partial charge in [0, 0.05) is 92.9 Å². The molecular formula is C129H76N10. The van der Waals surface area contributed by atoms with Gasteiger partial charge in [0.05, 0.1) is 55.7 Å². The van der Waals surface area contributed by atoms with E-state index in [4.69, 9.17) is 34.9 Å². The summed E-state index contributed by atoms with van der Waals surface area (Å²) in [5.41, 5.74) is 32.8. The molecule has 0 atom stereocenters. The first-order chi connectivity index (χ1) is 69.0. The van der Waals surface area contributed by atoms with E-state index in [1.165, 1.54) is 175 Å². The van der Waals surface area contributed by atoms with E-state index < -0.39 is 0 Å². The van der Waals surface area contributed by atoms with Gasteiger partial charge in [-0.2, -0.15) is 9.97 Å². The van der Waals surface area contributed by atoms with Crippen LogP contribution in [-0.2, 0) is 0 Å². The average molecular weight is 1770 g/mol. The van der Waals surface area contributed by atoms with Crippen LogP contribution in [0.1, 0.15) is 0 Å². The van der Waals surface area contributed by atoms with Crippen molar-refractivity contribution < 1.29 is 0 Å². The van der Waals surface area contributed by atoms with E-state index in [0.29, 0.717) is 29.4 Å². The highest BCUT2D eigenvalue weighted by molar-refractivity contribution is 6.38. The molecule has 22 aromatic carbocycles. The number of hydrogen-bond donors (Lipinski definition) is 0. The second-order valence-corrected chi connectivity index (χ2v) is 36.4. The monoisotopic (exact) mass is 1760 g/mol. The number of aromatic nitrogens is 10. The Kier molecular flexibility index (Phi) is 17.3. The molecule has 0 saturated carbocycles. The van der Waals surface area contributed by atoms with Crippen LogP contribution in [0.15, 0.2) is 461 Å². The first-order valence-electron chi connectivity index (χ1n) is 47.3. The Morgan fingerprint density at radius 3 is 0.892 bits per heavy atom. The molecule has 0 aliphatic heterocycles. The van der Waals surface area contributed by atoms with E-state index >= 15 is 0 Å². The molecule has 0 unspecified atom stereocenters. The normalized spacial score (nSPS) is 12.0. The lowest BCUT2D eigenvalue weighted by Gasteiger charge is -2.16. The quantitative estimate of drug-likeness (QED) is 0.142. The van der Waals surface area contributed by atoms with Gasteiger partial charge < -0.3 is 4.57 Å². The van der Waals surface area contributed by atoms with E-state index in [1.54, 1.807) is 0 Å². The van der Waals surface area contributed by atoms with Gasteiger partial charge in [-0.1, -0.05) is 400 Å². The van der Waals surface area contributed by atoms with Crippen LogP contribution >= 0.6 is 0 Å². The fourth-order valence-corrected chi connectivity index (χ4v) is 22.8. The summed E-state index contributed by atoms with van der Waals surface area (Å²) in [7, 11) is 0. The number of nitrogens with zero attached hydrogens (tertiary/aromatic N) is 10. The number of hydrogen-bond acceptors (Lipinski definition) is 7. The molecule has 10 nitrogen and oxygen atoms in total. The van der Waals surface area contributed by atoms with Crippen molar-refractivity contribution in [2.75, 3.05) is 0 Å². The van der Waals surface area contributed by atoms with Crippen molar-refractivity contribution in [2.45, 2.75) is 0 Å². The highest BCUT2D eigenvalue weighted by Gasteiger charge is 2.33. The number of para-hydroxylation sites is 1. The van der Waals surface area contributed by atoms with Gasteiger partial charge in [0.25, 0.3) is 0 Å². The van der Waals surface area contributed by atoms with Crippen LogP contribution in [0.4, 0.5) is 0 Å². The SMILES string of the molecule is c1ccc(-c2cc(-c3ccccc3)nc(-c3cccc(-n4c5ccc6cccc7c6c5c5c(cc6ccccc6c54)-c4ccccc4-7)c3)n2)cc1.c1ccc(-c2nc(-c3ccccc3)nc(-n3c4ccc5cccc6c5c4c4c(cc5ccccc5c43)-c3ccccc3-6)n2)cc1.c1ccc(-c2nc(-n3c4ccc5cccc6c5c4c4c(cc5ccccc5c43)-c3ccccc3-6)nc3ccccc23)cc1. The predicted octanol–water partition coefficient (Wildman–Crippen LogP) is 33.1. The topological polar surface area (TPSA) is 105 Å². The molecule has 6 aromatic heterocycles. The molecule has 0 radical (unpaired) electrons. The Bertz CT molecular complexity index is 9970. The summed E-state index contributed by atoms with van der Waals surface area (Å²) in [6, 6.07) is 164. The summed E-state index contributed by atoms with van der Waals surface area (Å²) >= 11 is 0. The minimum Gasteiger partial charge on any atom is -0.309 e. The zero-order valence-corrected chi connectivity index (χ0v) is 74.9. The van der Waals surface area contributed by atoms with Gasteiger partial charge in [0.15, 0.2) is 17.5 Å². The fraction of sp³-hybridized carbons (Fsp3) is 0. The first kappa shape index (κ1) is 77.8. The van der Waals surface area contributed by atoms with E-state index in [9.17, 15) is 0 Å². The Morgan fingerprint density at radius 1 is 0.158 bits per heavy atom. The van der Waals surface area contributed by atoms with Gasteiger partial charge >= 0.3 is 0 Å². The van der Waals surface area contributed by atoms with Crippen molar-refractivity contribution in [1.29, 1.82) is 0 Å². The molecule has 0 bridgehead atoms. The maximum Gasteiger partial charge on any atom is 0.238 e. The third kappa shape index (κ3) is 12.0. The zero-order chi connectivity index (χ0) is 91.0. The molecule has 642 valence electrons. The summed E-state index contributed by atoms with van der Waals surface area (Å²) in [5, 5.41) is 23.4. The lowest BCUT2D eigenvalue weighted by atomic mass is 9.92. The maximum atomic E-state index is 5.37. The molecular weight excluding hydrogens is 1690 g/mol. The maximum absolute atomic E-state index is 5.37. The second-order valence-electron chi connectivity index (χ2n) is 36.4.